The van der Waals surface area contributed by atoms with E-state index in [0.29, 0.717) is 23.8 Å². The maximum Gasteiger partial charge on any atom is 0.231 e. The SMILES string of the molecule is Nc1nnc(SCCC(=O)NCc2ccc3c(c2)OCO3)s1. The third-order valence-corrected chi connectivity index (χ3v) is 4.79. The molecule has 0 bridgehead atoms. The lowest BCUT2D eigenvalue weighted by Gasteiger charge is -2.05. The molecule has 2 heterocycles. The summed E-state index contributed by atoms with van der Waals surface area (Å²) < 4.78 is 11.3. The van der Waals surface area contributed by atoms with Gasteiger partial charge in [0.25, 0.3) is 0 Å². The number of carbonyl (C=O) groups excluding carboxylic acids is 1. The van der Waals surface area contributed by atoms with Crippen LogP contribution in [0.1, 0.15) is 12.0 Å². The number of aromatic nitrogens is 2. The average molecular weight is 338 g/mol. The molecule has 2 aromatic rings. The molecular weight excluding hydrogens is 324 g/mol. The van der Waals surface area contributed by atoms with E-state index in [-0.39, 0.29) is 12.7 Å². The Morgan fingerprint density at radius 2 is 2.23 bits per heavy atom. The summed E-state index contributed by atoms with van der Waals surface area (Å²) in [5.74, 6) is 2.09. The smallest absolute Gasteiger partial charge is 0.231 e. The molecule has 1 aliphatic rings. The van der Waals surface area contributed by atoms with Crippen LogP contribution in [0, 0.1) is 0 Å². The Hall–Kier alpha value is -2.00. The number of anilines is 1. The van der Waals surface area contributed by atoms with Crippen LogP contribution >= 0.6 is 23.1 Å². The number of nitrogens with zero attached hydrogens (tertiary/aromatic N) is 2. The molecule has 22 heavy (non-hydrogen) atoms. The standard InChI is InChI=1S/C13H14N4O3S2/c14-12-16-17-13(22-12)21-4-3-11(18)15-6-8-1-2-9-10(5-8)20-7-19-9/h1-2,5H,3-4,6-7H2,(H2,14,16)(H,15,18). The molecule has 0 saturated heterocycles. The van der Waals surface area contributed by atoms with Gasteiger partial charge in [0, 0.05) is 18.7 Å². The highest BCUT2D eigenvalue weighted by atomic mass is 32.2. The number of thioether (sulfide) groups is 1. The van der Waals surface area contributed by atoms with Gasteiger partial charge in [-0.15, -0.1) is 10.2 Å². The molecule has 1 aliphatic heterocycles. The fraction of sp³-hybridized carbons (Fsp3) is 0.308. The number of nitrogen functional groups attached to an aromatic ring is 1. The van der Waals surface area contributed by atoms with Crippen molar-refractivity contribution >= 4 is 34.1 Å². The van der Waals surface area contributed by atoms with Crippen LogP contribution in [0.2, 0.25) is 0 Å². The molecule has 0 spiro atoms. The van der Waals surface area contributed by atoms with E-state index >= 15 is 0 Å². The number of hydrogen-bond donors (Lipinski definition) is 2. The minimum Gasteiger partial charge on any atom is -0.454 e. The number of nitrogens with two attached hydrogens (primary N) is 1. The van der Waals surface area contributed by atoms with Crippen molar-refractivity contribution in [3.05, 3.63) is 23.8 Å². The van der Waals surface area contributed by atoms with Crippen molar-refractivity contribution in [2.45, 2.75) is 17.3 Å². The molecule has 0 saturated carbocycles. The van der Waals surface area contributed by atoms with Gasteiger partial charge in [0.2, 0.25) is 17.8 Å². The van der Waals surface area contributed by atoms with Crippen LogP contribution in [-0.2, 0) is 11.3 Å². The van der Waals surface area contributed by atoms with Crippen LogP contribution in [0.3, 0.4) is 0 Å². The van der Waals surface area contributed by atoms with Gasteiger partial charge in [0.1, 0.15) is 0 Å². The van der Waals surface area contributed by atoms with Crippen LogP contribution in [0.15, 0.2) is 22.5 Å². The normalized spacial score (nSPS) is 12.4. The first-order valence-corrected chi connectivity index (χ1v) is 8.38. The van der Waals surface area contributed by atoms with Gasteiger partial charge in [-0.1, -0.05) is 29.2 Å². The third-order valence-electron chi connectivity index (χ3n) is 2.90. The third kappa shape index (κ3) is 3.80. The van der Waals surface area contributed by atoms with E-state index in [4.69, 9.17) is 15.2 Å². The van der Waals surface area contributed by atoms with Gasteiger partial charge in [-0.05, 0) is 17.7 Å². The highest BCUT2D eigenvalue weighted by molar-refractivity contribution is 8.01. The van der Waals surface area contributed by atoms with E-state index < -0.39 is 0 Å². The van der Waals surface area contributed by atoms with Crippen molar-refractivity contribution < 1.29 is 14.3 Å². The molecule has 1 aromatic carbocycles. The molecule has 3 rings (SSSR count). The Balaban J connectivity index is 1.40. The number of fused-ring (bicyclic) bond motifs is 1. The Kier molecular flexibility index (Phi) is 4.64. The zero-order chi connectivity index (χ0) is 15.4. The first-order valence-electron chi connectivity index (χ1n) is 6.58. The van der Waals surface area contributed by atoms with E-state index in [2.05, 4.69) is 15.5 Å². The molecule has 116 valence electrons. The van der Waals surface area contributed by atoms with Crippen molar-refractivity contribution in [3.8, 4) is 11.5 Å². The zero-order valence-corrected chi connectivity index (χ0v) is 13.2. The summed E-state index contributed by atoms with van der Waals surface area (Å²) in [7, 11) is 0. The van der Waals surface area contributed by atoms with Crippen molar-refractivity contribution in [2.24, 2.45) is 0 Å². The van der Waals surface area contributed by atoms with Crippen LogP contribution in [0.5, 0.6) is 11.5 Å². The summed E-state index contributed by atoms with van der Waals surface area (Å²) in [6, 6.07) is 5.63. The average Bonchev–Trinajstić information content (AvgIpc) is 3.13. The van der Waals surface area contributed by atoms with E-state index in [1.807, 2.05) is 18.2 Å². The molecule has 9 heteroatoms. The number of amides is 1. The minimum atomic E-state index is -0.0114. The fourth-order valence-corrected chi connectivity index (χ4v) is 3.49. The number of carbonyl (C=O) groups is 1. The molecule has 0 radical (unpaired) electrons. The molecular formula is C13H14N4O3S2. The van der Waals surface area contributed by atoms with Gasteiger partial charge in [-0.25, -0.2) is 0 Å². The van der Waals surface area contributed by atoms with Crippen molar-refractivity contribution in [3.63, 3.8) is 0 Å². The topological polar surface area (TPSA) is 99.4 Å². The predicted molar refractivity (Wildman–Crippen MR) is 84.1 cm³/mol. The Labute approximate surface area is 135 Å². The van der Waals surface area contributed by atoms with Gasteiger partial charge in [-0.2, -0.15) is 0 Å². The first kappa shape index (κ1) is 14.9. The van der Waals surface area contributed by atoms with Crippen LogP contribution < -0.4 is 20.5 Å². The van der Waals surface area contributed by atoms with Gasteiger partial charge in [-0.3, -0.25) is 4.79 Å². The number of hydrogen-bond acceptors (Lipinski definition) is 8. The zero-order valence-electron chi connectivity index (χ0n) is 11.6. The lowest BCUT2D eigenvalue weighted by molar-refractivity contribution is -0.120. The maximum absolute atomic E-state index is 11.8. The molecule has 3 N–H and O–H groups in total. The van der Waals surface area contributed by atoms with Gasteiger partial charge in [0.15, 0.2) is 15.8 Å². The number of ether oxygens (including phenoxy) is 2. The van der Waals surface area contributed by atoms with E-state index in [9.17, 15) is 4.79 Å². The highest BCUT2D eigenvalue weighted by Gasteiger charge is 2.13. The molecule has 1 aromatic heterocycles. The maximum atomic E-state index is 11.8. The quantitative estimate of drug-likeness (QED) is 0.773. The van der Waals surface area contributed by atoms with Crippen molar-refractivity contribution in [2.75, 3.05) is 18.3 Å². The first-order chi connectivity index (χ1) is 10.7. The molecule has 0 unspecified atom stereocenters. The highest BCUT2D eigenvalue weighted by Crippen LogP contribution is 2.32. The molecule has 0 fully saturated rings. The van der Waals surface area contributed by atoms with Gasteiger partial charge < -0.3 is 20.5 Å². The van der Waals surface area contributed by atoms with Crippen molar-refractivity contribution in [1.29, 1.82) is 0 Å². The molecule has 0 aliphatic carbocycles. The lowest BCUT2D eigenvalue weighted by Crippen LogP contribution is -2.22. The second-order valence-electron chi connectivity index (χ2n) is 4.47. The van der Waals surface area contributed by atoms with Gasteiger partial charge in [0.05, 0.1) is 0 Å². The molecule has 0 atom stereocenters. The largest absolute Gasteiger partial charge is 0.454 e. The Bertz CT molecular complexity index is 677. The number of nitrogens with one attached hydrogen (secondary N) is 1. The molecule has 1 amide bonds. The Morgan fingerprint density at radius 1 is 1.36 bits per heavy atom. The second-order valence-corrected chi connectivity index (χ2v) is 6.82. The van der Waals surface area contributed by atoms with Crippen LogP contribution in [0.25, 0.3) is 0 Å². The van der Waals surface area contributed by atoms with E-state index in [1.165, 1.54) is 23.1 Å². The summed E-state index contributed by atoms with van der Waals surface area (Å²) in [6.45, 7) is 0.713. The fourth-order valence-electron chi connectivity index (χ4n) is 1.85. The molecule has 7 nitrogen and oxygen atoms in total. The monoisotopic (exact) mass is 338 g/mol. The van der Waals surface area contributed by atoms with Crippen LogP contribution in [-0.4, -0.2) is 28.7 Å². The summed E-state index contributed by atoms with van der Waals surface area (Å²) >= 11 is 2.80. The van der Waals surface area contributed by atoms with E-state index in [1.54, 1.807) is 0 Å². The van der Waals surface area contributed by atoms with E-state index in [0.717, 1.165) is 21.4 Å². The predicted octanol–water partition coefficient (Wildman–Crippen LogP) is 1.65. The second kappa shape index (κ2) is 6.84. The minimum absolute atomic E-state index is 0.0114. The number of rotatable bonds is 6. The number of benzene rings is 1. The lowest BCUT2D eigenvalue weighted by atomic mass is 10.2. The van der Waals surface area contributed by atoms with Crippen LogP contribution in [0.4, 0.5) is 5.13 Å². The summed E-state index contributed by atoms with van der Waals surface area (Å²) in [6.07, 6.45) is 0.411. The van der Waals surface area contributed by atoms with Gasteiger partial charge >= 0.3 is 0 Å². The summed E-state index contributed by atoms with van der Waals surface area (Å²) in [5.41, 5.74) is 6.47. The summed E-state index contributed by atoms with van der Waals surface area (Å²) in [5, 5.41) is 10.9. The Morgan fingerprint density at radius 3 is 3.05 bits per heavy atom. The summed E-state index contributed by atoms with van der Waals surface area (Å²) in [4.78, 5) is 11.8. The van der Waals surface area contributed by atoms with Crippen molar-refractivity contribution in [1.82, 2.24) is 15.5 Å².